The summed E-state index contributed by atoms with van der Waals surface area (Å²) in [6, 6.07) is 14.0. The highest BCUT2D eigenvalue weighted by Gasteiger charge is 2.25. The number of methoxy groups -OCH3 is 1. The minimum Gasteiger partial charge on any atom is -0.497 e. The van der Waals surface area contributed by atoms with Crippen LogP contribution in [-0.2, 0) is 6.54 Å². The van der Waals surface area contributed by atoms with E-state index in [1.807, 2.05) is 36.5 Å². The zero-order valence-electron chi connectivity index (χ0n) is 19.4. The second-order valence-corrected chi connectivity index (χ2v) is 9.09. The first-order valence-electron chi connectivity index (χ1n) is 12.0. The SMILES string of the molecule is COc1ccc(-c2nc(CN3CCCC(CN4CCN(c5ccccn5)CC4)C3)co2)cc1. The molecule has 7 nitrogen and oxygen atoms in total. The molecule has 2 aromatic heterocycles. The van der Waals surface area contributed by atoms with Crippen LogP contribution in [0.4, 0.5) is 5.82 Å². The Bertz CT molecular complexity index is 999. The quantitative estimate of drug-likeness (QED) is 0.546. The molecule has 2 aliphatic heterocycles. The molecule has 174 valence electrons. The highest BCUT2D eigenvalue weighted by molar-refractivity contribution is 5.54. The first kappa shape index (κ1) is 21.9. The Balaban J connectivity index is 1.11. The lowest BCUT2D eigenvalue weighted by atomic mass is 9.97. The summed E-state index contributed by atoms with van der Waals surface area (Å²) >= 11 is 0. The summed E-state index contributed by atoms with van der Waals surface area (Å²) in [5, 5.41) is 0. The van der Waals surface area contributed by atoms with Crippen LogP contribution in [0.5, 0.6) is 5.75 Å². The molecule has 0 amide bonds. The Hall–Kier alpha value is -2.90. The van der Waals surface area contributed by atoms with Crippen LogP contribution in [0.1, 0.15) is 18.5 Å². The number of hydrogen-bond acceptors (Lipinski definition) is 7. The lowest BCUT2D eigenvalue weighted by molar-refractivity contribution is 0.124. The number of aromatic nitrogens is 2. The van der Waals surface area contributed by atoms with E-state index in [0.29, 0.717) is 11.8 Å². The molecule has 2 fully saturated rings. The van der Waals surface area contributed by atoms with Gasteiger partial charge in [0, 0.05) is 57.6 Å². The summed E-state index contributed by atoms with van der Waals surface area (Å²) in [4.78, 5) is 16.8. The van der Waals surface area contributed by atoms with Crippen LogP contribution < -0.4 is 9.64 Å². The fraction of sp³-hybridized carbons (Fsp3) is 0.462. The number of piperidine rings is 1. The maximum atomic E-state index is 5.76. The lowest BCUT2D eigenvalue weighted by Crippen LogP contribution is -2.49. The van der Waals surface area contributed by atoms with Crippen molar-refractivity contribution < 1.29 is 9.15 Å². The Kier molecular flexibility index (Phi) is 6.88. The van der Waals surface area contributed by atoms with Gasteiger partial charge >= 0.3 is 0 Å². The molecule has 1 atom stereocenters. The van der Waals surface area contributed by atoms with E-state index in [1.165, 1.54) is 19.4 Å². The van der Waals surface area contributed by atoms with Crippen molar-refractivity contribution in [3.8, 4) is 17.2 Å². The van der Waals surface area contributed by atoms with Gasteiger partial charge in [-0.2, -0.15) is 0 Å². The molecule has 4 heterocycles. The molecule has 33 heavy (non-hydrogen) atoms. The number of ether oxygens (including phenoxy) is 1. The second kappa shape index (κ2) is 10.4. The average Bonchev–Trinajstić information content (AvgIpc) is 3.34. The molecule has 0 radical (unpaired) electrons. The Labute approximate surface area is 196 Å². The van der Waals surface area contributed by atoms with Crippen molar-refractivity contribution in [3.63, 3.8) is 0 Å². The van der Waals surface area contributed by atoms with Crippen LogP contribution in [0.3, 0.4) is 0 Å². The van der Waals surface area contributed by atoms with Gasteiger partial charge in [-0.05, 0) is 61.7 Å². The molecule has 1 aromatic carbocycles. The molecule has 0 spiro atoms. The minimum absolute atomic E-state index is 0.673. The lowest BCUT2D eigenvalue weighted by Gasteiger charge is -2.39. The van der Waals surface area contributed by atoms with E-state index in [0.717, 1.165) is 68.6 Å². The second-order valence-electron chi connectivity index (χ2n) is 9.09. The van der Waals surface area contributed by atoms with E-state index >= 15 is 0 Å². The number of likely N-dealkylation sites (tertiary alicyclic amines) is 1. The van der Waals surface area contributed by atoms with E-state index in [2.05, 4.69) is 31.8 Å². The first-order valence-corrected chi connectivity index (χ1v) is 12.0. The van der Waals surface area contributed by atoms with Crippen molar-refractivity contribution in [2.45, 2.75) is 19.4 Å². The van der Waals surface area contributed by atoms with Gasteiger partial charge in [-0.3, -0.25) is 9.80 Å². The van der Waals surface area contributed by atoms with Gasteiger partial charge in [0.1, 0.15) is 17.8 Å². The molecule has 2 aliphatic rings. The number of rotatable bonds is 7. The standard InChI is InChI=1S/C26H33N5O2/c1-32-24-9-7-22(8-10-24)26-28-23(20-33-26)19-30-12-4-5-21(18-30)17-29-13-15-31(16-14-29)25-6-2-3-11-27-25/h2-3,6-11,20-21H,4-5,12-19H2,1H3. The molecule has 0 saturated carbocycles. The van der Waals surface area contributed by atoms with Crippen LogP contribution in [0.15, 0.2) is 59.3 Å². The number of piperazine rings is 1. The molecule has 0 N–H and O–H groups in total. The Morgan fingerprint density at radius 1 is 1.00 bits per heavy atom. The topological polar surface area (TPSA) is 57.9 Å². The van der Waals surface area contributed by atoms with Crippen molar-refractivity contribution in [1.29, 1.82) is 0 Å². The first-order chi connectivity index (χ1) is 16.3. The monoisotopic (exact) mass is 447 g/mol. The molecular formula is C26H33N5O2. The van der Waals surface area contributed by atoms with E-state index in [-0.39, 0.29) is 0 Å². The number of pyridine rings is 1. The van der Waals surface area contributed by atoms with E-state index in [4.69, 9.17) is 14.1 Å². The smallest absolute Gasteiger partial charge is 0.226 e. The fourth-order valence-corrected chi connectivity index (χ4v) is 4.98. The third kappa shape index (κ3) is 5.54. The van der Waals surface area contributed by atoms with Gasteiger partial charge in [-0.1, -0.05) is 6.07 Å². The average molecular weight is 448 g/mol. The molecule has 5 rings (SSSR count). The predicted molar refractivity (Wildman–Crippen MR) is 129 cm³/mol. The van der Waals surface area contributed by atoms with Crippen LogP contribution in [0.25, 0.3) is 11.5 Å². The summed E-state index contributed by atoms with van der Waals surface area (Å²) in [5.74, 6) is 3.32. The van der Waals surface area contributed by atoms with Gasteiger partial charge in [-0.25, -0.2) is 9.97 Å². The minimum atomic E-state index is 0.673. The summed E-state index contributed by atoms with van der Waals surface area (Å²) in [5.41, 5.74) is 1.98. The Morgan fingerprint density at radius 2 is 1.85 bits per heavy atom. The summed E-state index contributed by atoms with van der Waals surface area (Å²) in [6.07, 6.45) is 6.25. The summed E-state index contributed by atoms with van der Waals surface area (Å²) in [7, 11) is 1.67. The molecule has 2 saturated heterocycles. The number of benzene rings is 1. The third-order valence-corrected chi connectivity index (χ3v) is 6.74. The highest BCUT2D eigenvalue weighted by atomic mass is 16.5. The van der Waals surface area contributed by atoms with Gasteiger partial charge in [0.2, 0.25) is 5.89 Å². The summed E-state index contributed by atoms with van der Waals surface area (Å²) in [6.45, 7) is 8.64. The van der Waals surface area contributed by atoms with Gasteiger partial charge in [0.15, 0.2) is 0 Å². The van der Waals surface area contributed by atoms with Crippen molar-refractivity contribution in [2.75, 3.05) is 57.8 Å². The largest absolute Gasteiger partial charge is 0.497 e. The van der Waals surface area contributed by atoms with Gasteiger partial charge in [0.25, 0.3) is 0 Å². The zero-order valence-corrected chi connectivity index (χ0v) is 19.4. The van der Waals surface area contributed by atoms with Crippen LogP contribution >= 0.6 is 0 Å². The van der Waals surface area contributed by atoms with Crippen molar-refractivity contribution in [1.82, 2.24) is 19.8 Å². The highest BCUT2D eigenvalue weighted by Crippen LogP contribution is 2.24. The zero-order chi connectivity index (χ0) is 22.5. The van der Waals surface area contributed by atoms with Gasteiger partial charge in [-0.15, -0.1) is 0 Å². The van der Waals surface area contributed by atoms with Gasteiger partial charge in [0.05, 0.1) is 12.8 Å². The number of hydrogen-bond donors (Lipinski definition) is 0. The molecule has 7 heteroatoms. The maximum absolute atomic E-state index is 5.76. The molecule has 0 aliphatic carbocycles. The molecule has 1 unspecified atom stereocenters. The van der Waals surface area contributed by atoms with Crippen LogP contribution in [0, 0.1) is 5.92 Å². The number of anilines is 1. The molecule has 0 bridgehead atoms. The number of nitrogens with zero attached hydrogens (tertiary/aromatic N) is 5. The van der Waals surface area contributed by atoms with Crippen LogP contribution in [-0.4, -0.2) is 72.7 Å². The molecular weight excluding hydrogens is 414 g/mol. The van der Waals surface area contributed by atoms with Crippen molar-refractivity contribution in [2.24, 2.45) is 5.92 Å². The predicted octanol–water partition coefficient (Wildman–Crippen LogP) is 3.78. The van der Waals surface area contributed by atoms with E-state index in [1.54, 1.807) is 13.4 Å². The normalized spacial score (nSPS) is 20.2. The van der Waals surface area contributed by atoms with Gasteiger partial charge < -0.3 is 14.1 Å². The van der Waals surface area contributed by atoms with Crippen molar-refractivity contribution in [3.05, 3.63) is 60.6 Å². The third-order valence-electron chi connectivity index (χ3n) is 6.74. The molecule has 3 aromatic rings. The summed E-state index contributed by atoms with van der Waals surface area (Å²) < 4.78 is 11.0. The Morgan fingerprint density at radius 3 is 2.61 bits per heavy atom. The van der Waals surface area contributed by atoms with E-state index < -0.39 is 0 Å². The van der Waals surface area contributed by atoms with Crippen molar-refractivity contribution >= 4 is 5.82 Å². The van der Waals surface area contributed by atoms with Crippen LogP contribution in [0.2, 0.25) is 0 Å². The number of oxazole rings is 1. The van der Waals surface area contributed by atoms with E-state index in [9.17, 15) is 0 Å². The fourth-order valence-electron chi connectivity index (χ4n) is 4.98. The maximum Gasteiger partial charge on any atom is 0.226 e.